The van der Waals surface area contributed by atoms with E-state index in [1.165, 1.54) is 6.07 Å². The number of halogens is 2. The topological polar surface area (TPSA) is 69.2 Å². The van der Waals surface area contributed by atoms with Crippen LogP contribution in [0.15, 0.2) is 16.6 Å². The van der Waals surface area contributed by atoms with Gasteiger partial charge in [0, 0.05) is 3.57 Å². The standard InChI is InChI=1S/C6H4BrIN2O2/c7-5-3(8)1-2-4(9)6(5)10(11)12/h1-2H,9H2. The molecule has 64 valence electrons. The smallest absolute Gasteiger partial charge is 0.307 e. The average Bonchev–Trinajstić information content (AvgIpc) is 1.97. The summed E-state index contributed by atoms with van der Waals surface area (Å²) in [6.07, 6.45) is 0. The molecular formula is C6H4BrIN2O2. The lowest BCUT2D eigenvalue weighted by Gasteiger charge is -2.00. The Bertz CT molecular complexity index is 343. The zero-order valence-electron chi connectivity index (χ0n) is 5.75. The van der Waals surface area contributed by atoms with Gasteiger partial charge in [-0.2, -0.15) is 0 Å². The van der Waals surface area contributed by atoms with Gasteiger partial charge in [0.2, 0.25) is 0 Å². The van der Waals surface area contributed by atoms with E-state index in [0.29, 0.717) is 4.47 Å². The van der Waals surface area contributed by atoms with Crippen molar-refractivity contribution < 1.29 is 4.92 Å². The first-order chi connectivity index (χ1) is 5.54. The Morgan fingerprint density at radius 1 is 1.58 bits per heavy atom. The van der Waals surface area contributed by atoms with Crippen LogP contribution in [0.5, 0.6) is 0 Å². The number of nitrogen functional groups attached to an aromatic ring is 1. The number of nitro benzene ring substituents is 1. The molecule has 1 aromatic rings. The van der Waals surface area contributed by atoms with Crippen LogP contribution < -0.4 is 5.73 Å². The van der Waals surface area contributed by atoms with Crippen molar-refractivity contribution >= 4 is 49.9 Å². The summed E-state index contributed by atoms with van der Waals surface area (Å²) >= 11 is 5.10. The van der Waals surface area contributed by atoms with Crippen molar-refractivity contribution in [2.75, 3.05) is 5.73 Å². The summed E-state index contributed by atoms with van der Waals surface area (Å²) in [6, 6.07) is 3.23. The van der Waals surface area contributed by atoms with Gasteiger partial charge >= 0.3 is 5.69 Å². The summed E-state index contributed by atoms with van der Waals surface area (Å²) in [5, 5.41) is 10.5. The molecule has 0 saturated heterocycles. The van der Waals surface area contributed by atoms with Gasteiger partial charge in [-0.3, -0.25) is 10.1 Å². The second-order valence-corrected chi connectivity index (χ2v) is 4.01. The lowest BCUT2D eigenvalue weighted by Crippen LogP contribution is -1.97. The second-order valence-electron chi connectivity index (χ2n) is 2.06. The fourth-order valence-corrected chi connectivity index (χ4v) is 1.68. The molecule has 0 radical (unpaired) electrons. The van der Waals surface area contributed by atoms with Gasteiger partial charge in [0.05, 0.1) is 4.92 Å². The predicted octanol–water partition coefficient (Wildman–Crippen LogP) is 2.54. The first-order valence-electron chi connectivity index (χ1n) is 2.92. The molecule has 0 aromatic heterocycles. The maximum Gasteiger partial charge on any atom is 0.307 e. The number of anilines is 1. The van der Waals surface area contributed by atoms with E-state index in [4.69, 9.17) is 5.73 Å². The Balaban J connectivity index is 3.43. The van der Waals surface area contributed by atoms with Gasteiger partial charge < -0.3 is 5.73 Å². The molecule has 0 amide bonds. The fourth-order valence-electron chi connectivity index (χ4n) is 0.740. The number of nitrogens with two attached hydrogens (primary N) is 1. The third-order valence-corrected chi connectivity index (χ3v) is 3.73. The van der Waals surface area contributed by atoms with Crippen molar-refractivity contribution in [2.24, 2.45) is 0 Å². The minimum absolute atomic E-state index is 0.0677. The maximum atomic E-state index is 10.5. The summed E-state index contributed by atoms with van der Waals surface area (Å²) in [4.78, 5) is 9.99. The number of nitrogens with zero attached hydrogens (tertiary/aromatic N) is 1. The molecule has 12 heavy (non-hydrogen) atoms. The van der Waals surface area contributed by atoms with E-state index >= 15 is 0 Å². The predicted molar refractivity (Wildman–Crippen MR) is 57.9 cm³/mol. The molecule has 6 heteroatoms. The molecule has 0 atom stereocenters. The first-order valence-corrected chi connectivity index (χ1v) is 4.79. The molecule has 1 aromatic carbocycles. The maximum absolute atomic E-state index is 10.5. The molecule has 0 aliphatic heterocycles. The van der Waals surface area contributed by atoms with Crippen molar-refractivity contribution in [1.82, 2.24) is 0 Å². The van der Waals surface area contributed by atoms with Crippen LogP contribution in [0.2, 0.25) is 0 Å². The first kappa shape index (κ1) is 9.72. The van der Waals surface area contributed by atoms with Crippen molar-refractivity contribution in [1.29, 1.82) is 0 Å². The summed E-state index contributed by atoms with van der Waals surface area (Å²) in [6.45, 7) is 0. The highest BCUT2D eigenvalue weighted by Gasteiger charge is 2.18. The third-order valence-electron chi connectivity index (χ3n) is 1.28. The molecule has 2 N–H and O–H groups in total. The number of hydrogen-bond acceptors (Lipinski definition) is 3. The lowest BCUT2D eigenvalue weighted by atomic mass is 10.3. The third kappa shape index (κ3) is 1.69. The molecule has 1 rings (SSSR count). The van der Waals surface area contributed by atoms with E-state index in [9.17, 15) is 10.1 Å². The Morgan fingerprint density at radius 3 is 2.58 bits per heavy atom. The van der Waals surface area contributed by atoms with E-state index in [-0.39, 0.29) is 11.4 Å². The molecule has 0 fully saturated rings. The van der Waals surface area contributed by atoms with Crippen molar-refractivity contribution in [3.63, 3.8) is 0 Å². The largest absolute Gasteiger partial charge is 0.393 e. The van der Waals surface area contributed by atoms with Gasteiger partial charge in [0.1, 0.15) is 10.2 Å². The highest BCUT2D eigenvalue weighted by molar-refractivity contribution is 14.1. The zero-order valence-corrected chi connectivity index (χ0v) is 9.50. The van der Waals surface area contributed by atoms with Crippen LogP contribution in [-0.4, -0.2) is 4.92 Å². The second kappa shape index (κ2) is 3.56. The Hall–Kier alpha value is -0.370. The van der Waals surface area contributed by atoms with Gasteiger partial charge in [-0.25, -0.2) is 0 Å². The Morgan fingerprint density at radius 2 is 2.17 bits per heavy atom. The summed E-state index contributed by atoms with van der Waals surface area (Å²) in [5.41, 5.74) is 5.52. The number of nitro groups is 1. The Labute approximate surface area is 90.6 Å². The van der Waals surface area contributed by atoms with Crippen LogP contribution in [0.1, 0.15) is 0 Å². The quantitative estimate of drug-likeness (QED) is 0.369. The minimum Gasteiger partial charge on any atom is -0.393 e. The molecule has 0 unspecified atom stereocenters. The highest BCUT2D eigenvalue weighted by Crippen LogP contribution is 2.34. The number of benzene rings is 1. The summed E-state index contributed by atoms with van der Waals surface area (Å²) < 4.78 is 1.21. The van der Waals surface area contributed by atoms with E-state index in [1.807, 2.05) is 22.6 Å². The van der Waals surface area contributed by atoms with Gasteiger partial charge in [0.25, 0.3) is 0 Å². The van der Waals surface area contributed by atoms with Crippen LogP contribution in [0, 0.1) is 13.7 Å². The summed E-state index contributed by atoms with van der Waals surface area (Å²) in [5.74, 6) is 0. The van der Waals surface area contributed by atoms with E-state index in [1.54, 1.807) is 6.07 Å². The highest BCUT2D eigenvalue weighted by atomic mass is 127. The van der Waals surface area contributed by atoms with Crippen molar-refractivity contribution in [3.8, 4) is 0 Å². The molecule has 4 nitrogen and oxygen atoms in total. The molecule has 0 heterocycles. The fraction of sp³-hybridized carbons (Fsp3) is 0. The SMILES string of the molecule is Nc1ccc(I)c(Br)c1[N+](=O)[O-]. The van der Waals surface area contributed by atoms with E-state index < -0.39 is 4.92 Å². The van der Waals surface area contributed by atoms with Gasteiger partial charge in [-0.05, 0) is 50.7 Å². The van der Waals surface area contributed by atoms with Crippen LogP contribution in [-0.2, 0) is 0 Å². The number of rotatable bonds is 1. The van der Waals surface area contributed by atoms with Crippen LogP contribution in [0.3, 0.4) is 0 Å². The molecule has 0 bridgehead atoms. The summed E-state index contributed by atoms with van der Waals surface area (Å²) in [7, 11) is 0. The molecule has 0 aliphatic carbocycles. The monoisotopic (exact) mass is 342 g/mol. The van der Waals surface area contributed by atoms with Gasteiger partial charge in [-0.1, -0.05) is 0 Å². The van der Waals surface area contributed by atoms with Crippen LogP contribution in [0.4, 0.5) is 11.4 Å². The Kier molecular flexibility index (Phi) is 2.89. The minimum atomic E-state index is -0.498. The number of hydrogen-bond donors (Lipinski definition) is 1. The van der Waals surface area contributed by atoms with Crippen LogP contribution >= 0.6 is 38.5 Å². The lowest BCUT2D eigenvalue weighted by molar-refractivity contribution is -0.384. The zero-order chi connectivity index (χ0) is 9.30. The molecular weight excluding hydrogens is 339 g/mol. The van der Waals surface area contributed by atoms with E-state index in [0.717, 1.165) is 3.57 Å². The van der Waals surface area contributed by atoms with Gasteiger partial charge in [0.15, 0.2) is 0 Å². The molecule has 0 spiro atoms. The average molecular weight is 343 g/mol. The van der Waals surface area contributed by atoms with Gasteiger partial charge in [-0.15, -0.1) is 0 Å². The van der Waals surface area contributed by atoms with Crippen LogP contribution in [0.25, 0.3) is 0 Å². The van der Waals surface area contributed by atoms with E-state index in [2.05, 4.69) is 15.9 Å². The van der Waals surface area contributed by atoms with Crippen molar-refractivity contribution in [3.05, 3.63) is 30.3 Å². The van der Waals surface area contributed by atoms with Crippen molar-refractivity contribution in [2.45, 2.75) is 0 Å². The normalized spacial score (nSPS) is 9.83. The molecule has 0 saturated carbocycles. The molecule has 0 aliphatic rings.